The van der Waals surface area contributed by atoms with Gasteiger partial charge < -0.3 is 9.80 Å². The monoisotopic (exact) mass is 540 g/mol. The molecule has 198 valence electrons. The predicted molar refractivity (Wildman–Crippen MR) is 131 cm³/mol. The lowest BCUT2D eigenvalue weighted by Gasteiger charge is -2.38. The summed E-state index contributed by atoms with van der Waals surface area (Å²) in [4.78, 5) is 17.0. The number of H-pyrrole nitrogens is 1. The van der Waals surface area contributed by atoms with Gasteiger partial charge >= 0.3 is 0 Å². The average Bonchev–Trinajstić information content (AvgIpc) is 3.44. The van der Waals surface area contributed by atoms with Crippen LogP contribution >= 0.6 is 0 Å². The van der Waals surface area contributed by atoms with E-state index in [0.717, 1.165) is 0 Å². The fraction of sp³-hybridized carbons (Fsp3) is 0.619. The predicted octanol–water partition coefficient (Wildman–Crippen LogP) is -0.0203. The molecule has 0 bridgehead atoms. The molecule has 1 N–H and O–H groups in total. The van der Waals surface area contributed by atoms with Crippen LogP contribution in [0.5, 0.6) is 0 Å². The zero-order valence-electron chi connectivity index (χ0n) is 20.4. The number of nitrogens with zero attached hydrogens (tertiary/aromatic N) is 7. The summed E-state index contributed by atoms with van der Waals surface area (Å²) in [6.45, 7) is 6.72. The highest BCUT2D eigenvalue weighted by Crippen LogP contribution is 2.27. The second-order valence-electron chi connectivity index (χ2n) is 8.79. The Balaban J connectivity index is 1.41. The van der Waals surface area contributed by atoms with E-state index in [1.807, 2.05) is 4.90 Å². The smallest absolute Gasteiger partial charge is 0.265 e. The van der Waals surface area contributed by atoms with Crippen molar-refractivity contribution < 1.29 is 21.6 Å². The molecule has 0 unspecified atom stereocenters. The van der Waals surface area contributed by atoms with Crippen molar-refractivity contribution in [2.24, 2.45) is 5.92 Å². The van der Waals surface area contributed by atoms with Gasteiger partial charge in [-0.25, -0.2) is 16.8 Å². The second-order valence-corrected chi connectivity index (χ2v) is 12.7. The summed E-state index contributed by atoms with van der Waals surface area (Å²) in [5.74, 6) is 0.0174. The number of benzene rings is 1. The first-order chi connectivity index (χ1) is 17.2. The molecular formula is C21H32N8O5S2. The number of hydrogen-bond acceptors (Lipinski definition) is 9. The third-order valence-electron chi connectivity index (χ3n) is 6.75. The van der Waals surface area contributed by atoms with Crippen molar-refractivity contribution in [1.82, 2.24) is 34.1 Å². The van der Waals surface area contributed by atoms with Gasteiger partial charge in [0.1, 0.15) is 0 Å². The Bertz CT molecular complexity index is 1240. The molecule has 0 spiro atoms. The van der Waals surface area contributed by atoms with E-state index >= 15 is 0 Å². The molecule has 1 amide bonds. The van der Waals surface area contributed by atoms with Crippen molar-refractivity contribution in [3.63, 3.8) is 0 Å². The number of tetrazole rings is 1. The second kappa shape index (κ2) is 10.8. The molecule has 2 aliphatic heterocycles. The van der Waals surface area contributed by atoms with Crippen LogP contribution < -0.4 is 4.90 Å². The Hall–Kier alpha value is -2.62. The van der Waals surface area contributed by atoms with Crippen LogP contribution in [0, 0.1) is 5.92 Å². The minimum atomic E-state index is -3.87. The number of rotatable bonds is 8. The quantitative estimate of drug-likeness (QED) is 0.487. The van der Waals surface area contributed by atoms with Crippen molar-refractivity contribution in [2.75, 3.05) is 57.3 Å². The van der Waals surface area contributed by atoms with Gasteiger partial charge in [-0.3, -0.25) is 4.79 Å². The molecule has 2 aromatic rings. The molecule has 0 aliphatic carbocycles. The zero-order chi connectivity index (χ0) is 25.9. The summed E-state index contributed by atoms with van der Waals surface area (Å²) < 4.78 is 54.7. The van der Waals surface area contributed by atoms with Gasteiger partial charge in [-0.05, 0) is 42.3 Å². The van der Waals surface area contributed by atoms with Gasteiger partial charge in [0.2, 0.25) is 26.0 Å². The molecule has 1 atom stereocenters. The lowest BCUT2D eigenvalue weighted by Crippen LogP contribution is -2.53. The van der Waals surface area contributed by atoms with Crippen molar-refractivity contribution >= 4 is 31.9 Å². The van der Waals surface area contributed by atoms with Crippen molar-refractivity contribution in [2.45, 2.75) is 36.5 Å². The van der Waals surface area contributed by atoms with Crippen molar-refractivity contribution in [3.05, 3.63) is 24.3 Å². The largest absolute Gasteiger partial charge is 0.339 e. The number of hydrogen-bond donors (Lipinski definition) is 1. The van der Waals surface area contributed by atoms with E-state index in [2.05, 4.69) is 20.6 Å². The van der Waals surface area contributed by atoms with E-state index < -0.39 is 26.0 Å². The number of amides is 1. The molecule has 2 aliphatic rings. The first-order valence-electron chi connectivity index (χ1n) is 12.1. The fourth-order valence-electron chi connectivity index (χ4n) is 4.68. The summed E-state index contributed by atoms with van der Waals surface area (Å²) in [7, 11) is -7.55. The number of aromatic amines is 1. The highest BCUT2D eigenvalue weighted by atomic mass is 32.2. The van der Waals surface area contributed by atoms with E-state index in [9.17, 15) is 21.6 Å². The maximum absolute atomic E-state index is 13.3. The van der Waals surface area contributed by atoms with Crippen LogP contribution in [0.2, 0.25) is 0 Å². The average molecular weight is 541 g/mol. The number of piperidine rings is 1. The number of aromatic nitrogens is 4. The van der Waals surface area contributed by atoms with E-state index in [4.69, 9.17) is 0 Å². The first kappa shape index (κ1) is 26.4. The van der Waals surface area contributed by atoms with Gasteiger partial charge in [-0.1, -0.05) is 18.9 Å². The Morgan fingerprint density at radius 1 is 1.00 bits per heavy atom. The molecule has 0 radical (unpaired) electrons. The zero-order valence-corrected chi connectivity index (χ0v) is 22.1. The SMILES string of the molecule is CCN(CC)S(=O)(=O)c1ccc(S(=O)(=O)N2CCC[C@@H](C(=O)N3CCN(c4nn[nH]n4)CC3)C2)cc1. The molecule has 36 heavy (non-hydrogen) atoms. The molecule has 1 aromatic carbocycles. The third kappa shape index (κ3) is 5.23. The molecule has 15 heteroatoms. The van der Waals surface area contributed by atoms with Gasteiger partial charge in [0.15, 0.2) is 0 Å². The van der Waals surface area contributed by atoms with E-state index in [0.29, 0.717) is 64.6 Å². The van der Waals surface area contributed by atoms with Crippen LogP contribution in [0.3, 0.4) is 0 Å². The van der Waals surface area contributed by atoms with Crippen LogP contribution in [0.15, 0.2) is 34.1 Å². The summed E-state index contributed by atoms with van der Waals surface area (Å²) in [6.07, 6.45) is 1.20. The van der Waals surface area contributed by atoms with Crippen LogP contribution in [0.4, 0.5) is 5.95 Å². The van der Waals surface area contributed by atoms with E-state index in [-0.39, 0.29) is 22.2 Å². The van der Waals surface area contributed by atoms with Crippen molar-refractivity contribution in [1.29, 1.82) is 0 Å². The number of carbonyl (C=O) groups excluding carboxylic acids is 1. The molecule has 3 heterocycles. The summed E-state index contributed by atoms with van der Waals surface area (Å²) in [5.41, 5.74) is 0. The Kier molecular flexibility index (Phi) is 7.92. The standard InChI is InChI=1S/C21H32N8O5S2/c1-3-28(4-2)35(31,32)18-7-9-19(10-8-18)36(33,34)29-11-5-6-17(16-29)20(30)26-12-14-27(15-13-26)21-22-24-25-23-21/h7-10,17H,3-6,11-16H2,1-2H3,(H,22,23,24,25)/t17-/m1/s1. The van der Waals surface area contributed by atoms with Gasteiger partial charge in [0.25, 0.3) is 5.95 Å². The maximum Gasteiger partial charge on any atom is 0.265 e. The minimum Gasteiger partial charge on any atom is -0.339 e. The summed E-state index contributed by atoms with van der Waals surface area (Å²) >= 11 is 0. The Labute approximate surface area is 211 Å². The summed E-state index contributed by atoms with van der Waals surface area (Å²) in [5, 5.41) is 13.9. The van der Waals surface area contributed by atoms with Crippen LogP contribution in [0.25, 0.3) is 0 Å². The summed E-state index contributed by atoms with van der Waals surface area (Å²) in [6, 6.07) is 5.31. The normalized spacial score (nSPS) is 20.1. The number of carbonyl (C=O) groups is 1. The topological polar surface area (TPSA) is 153 Å². The maximum atomic E-state index is 13.3. The molecule has 13 nitrogen and oxygen atoms in total. The number of nitrogens with one attached hydrogen (secondary N) is 1. The number of sulfonamides is 2. The van der Waals surface area contributed by atoms with Crippen LogP contribution in [0.1, 0.15) is 26.7 Å². The van der Waals surface area contributed by atoms with Crippen LogP contribution in [-0.2, 0) is 24.8 Å². The molecule has 2 saturated heterocycles. The van der Waals surface area contributed by atoms with Gasteiger partial charge in [0, 0.05) is 52.4 Å². The highest BCUT2D eigenvalue weighted by molar-refractivity contribution is 7.89. The van der Waals surface area contributed by atoms with Gasteiger partial charge in [-0.2, -0.15) is 13.8 Å². The Morgan fingerprint density at radius 2 is 1.64 bits per heavy atom. The third-order valence-corrected chi connectivity index (χ3v) is 10.7. The van der Waals surface area contributed by atoms with Crippen molar-refractivity contribution in [3.8, 4) is 0 Å². The Morgan fingerprint density at radius 3 is 2.22 bits per heavy atom. The van der Waals surface area contributed by atoms with E-state index in [1.165, 1.54) is 32.9 Å². The van der Waals surface area contributed by atoms with Crippen LogP contribution in [-0.4, -0.2) is 109 Å². The van der Waals surface area contributed by atoms with Gasteiger partial charge in [-0.15, -0.1) is 5.10 Å². The van der Waals surface area contributed by atoms with Gasteiger partial charge in [0.05, 0.1) is 15.7 Å². The molecular weight excluding hydrogens is 508 g/mol. The lowest BCUT2D eigenvalue weighted by molar-refractivity contribution is -0.137. The highest BCUT2D eigenvalue weighted by Gasteiger charge is 2.36. The fourth-order valence-corrected chi connectivity index (χ4v) is 7.66. The van der Waals surface area contributed by atoms with E-state index in [1.54, 1.807) is 18.7 Å². The minimum absolute atomic E-state index is 0.0165. The molecule has 4 rings (SSSR count). The molecule has 2 fully saturated rings. The molecule has 1 aromatic heterocycles. The number of piperazine rings is 1. The lowest BCUT2D eigenvalue weighted by atomic mass is 9.98. The molecule has 0 saturated carbocycles. The number of anilines is 1. The first-order valence-corrected chi connectivity index (χ1v) is 14.9.